The van der Waals surface area contributed by atoms with Crippen molar-refractivity contribution in [3.63, 3.8) is 0 Å². The van der Waals surface area contributed by atoms with Gasteiger partial charge in [-0.1, -0.05) is 24.3 Å². The molecule has 0 bridgehead atoms. The highest BCUT2D eigenvalue weighted by Gasteiger charge is 2.18. The number of aryl methyl sites for hydroxylation is 1. The molecule has 1 heterocycles. The number of amides is 2. The average Bonchev–Trinajstić information content (AvgIpc) is 3.03. The van der Waals surface area contributed by atoms with Crippen molar-refractivity contribution in [3.8, 4) is 17.2 Å². The molecule has 0 saturated carbocycles. The summed E-state index contributed by atoms with van der Waals surface area (Å²) in [6.07, 6.45) is 0.490. The first kappa shape index (κ1) is 18.7. The third kappa shape index (κ3) is 3.27. The van der Waals surface area contributed by atoms with Gasteiger partial charge in [0.2, 0.25) is 6.41 Å². The van der Waals surface area contributed by atoms with Crippen LogP contribution in [0.5, 0.6) is 0 Å². The van der Waals surface area contributed by atoms with E-state index in [9.17, 15) is 9.59 Å². The first-order valence-corrected chi connectivity index (χ1v) is 7.80. The number of nitrogens with zero attached hydrogens (tertiary/aromatic N) is 1. The van der Waals surface area contributed by atoms with Crippen LogP contribution in [0.1, 0.15) is 21.5 Å². The van der Waals surface area contributed by atoms with Crippen molar-refractivity contribution >= 4 is 29.0 Å². The summed E-state index contributed by atoms with van der Waals surface area (Å²) in [4.78, 5) is 25.5. The zero-order valence-corrected chi connectivity index (χ0v) is 14.5. The number of fused-ring (bicyclic) bond motifs is 1. The molecule has 0 spiro atoms. The quantitative estimate of drug-likeness (QED) is 0.537. The number of hydrogen-bond donors (Lipinski definition) is 4. The molecule has 7 nitrogen and oxygen atoms in total. The lowest BCUT2D eigenvalue weighted by molar-refractivity contribution is -0.105. The van der Waals surface area contributed by atoms with Crippen LogP contribution in [0.2, 0.25) is 0 Å². The predicted molar refractivity (Wildman–Crippen MR) is 102 cm³/mol. The molecule has 1 aromatic heterocycles. The van der Waals surface area contributed by atoms with Gasteiger partial charge in [-0.3, -0.25) is 9.59 Å². The van der Waals surface area contributed by atoms with Gasteiger partial charge in [0, 0.05) is 5.39 Å². The number of aromatic nitrogens is 1. The Kier molecular flexibility index (Phi) is 5.73. The Hall–Kier alpha value is -3.63. The van der Waals surface area contributed by atoms with Crippen LogP contribution in [-0.2, 0) is 4.79 Å². The summed E-state index contributed by atoms with van der Waals surface area (Å²) in [5, 5.41) is 12.2. The Labute approximate surface area is 150 Å². The van der Waals surface area contributed by atoms with E-state index >= 15 is 0 Å². The highest BCUT2D eigenvalue weighted by atomic mass is 16.1. The Morgan fingerprint density at radius 1 is 1.27 bits per heavy atom. The number of primary amides is 1. The molecule has 0 saturated heterocycles. The maximum atomic E-state index is 11.7. The molecule has 2 aromatic carbocycles. The van der Waals surface area contributed by atoms with Gasteiger partial charge in [-0.15, -0.1) is 0 Å². The van der Waals surface area contributed by atoms with Crippen LogP contribution in [0.3, 0.4) is 0 Å². The third-order valence-electron chi connectivity index (χ3n) is 3.99. The second kappa shape index (κ2) is 7.96. The predicted octanol–water partition coefficient (Wildman–Crippen LogP) is 2.26. The normalized spacial score (nSPS) is 9.77. The van der Waals surface area contributed by atoms with Gasteiger partial charge in [-0.2, -0.15) is 5.26 Å². The molecule has 3 rings (SSSR count). The average molecular weight is 349 g/mol. The number of hydrogen-bond acceptors (Lipinski definition) is 4. The number of benzene rings is 2. The summed E-state index contributed by atoms with van der Waals surface area (Å²) in [5.41, 5.74) is 14.2. The maximum Gasteiger partial charge on any atom is 0.253 e. The molecule has 2 amide bonds. The van der Waals surface area contributed by atoms with E-state index in [2.05, 4.69) is 22.1 Å². The molecule has 26 heavy (non-hydrogen) atoms. The number of aromatic amines is 1. The van der Waals surface area contributed by atoms with E-state index < -0.39 is 5.91 Å². The van der Waals surface area contributed by atoms with Crippen LogP contribution in [0.4, 0.5) is 5.82 Å². The zero-order chi connectivity index (χ0) is 19.3. The Morgan fingerprint density at radius 3 is 2.62 bits per heavy atom. The molecule has 0 aliphatic carbocycles. The van der Waals surface area contributed by atoms with E-state index in [1.54, 1.807) is 18.2 Å². The maximum absolute atomic E-state index is 11.7. The molecular formula is C19H19N5O2. The highest BCUT2D eigenvalue weighted by molar-refractivity contribution is 6.13. The first-order chi connectivity index (χ1) is 12.6. The van der Waals surface area contributed by atoms with Gasteiger partial charge in [-0.05, 0) is 42.8 Å². The van der Waals surface area contributed by atoms with Gasteiger partial charge in [0.25, 0.3) is 5.91 Å². The van der Waals surface area contributed by atoms with E-state index in [4.69, 9.17) is 11.0 Å². The van der Waals surface area contributed by atoms with Gasteiger partial charge in [0.15, 0.2) is 0 Å². The van der Waals surface area contributed by atoms with Gasteiger partial charge in [0.1, 0.15) is 5.82 Å². The van der Waals surface area contributed by atoms with Crippen molar-refractivity contribution in [2.75, 3.05) is 12.4 Å². The van der Waals surface area contributed by atoms with Crippen molar-refractivity contribution in [1.29, 1.82) is 5.26 Å². The van der Waals surface area contributed by atoms with Gasteiger partial charge in [0.05, 0.1) is 22.7 Å². The molecule has 0 unspecified atom stereocenters. The number of H-pyrrole nitrogens is 1. The van der Waals surface area contributed by atoms with Crippen molar-refractivity contribution in [1.82, 2.24) is 4.98 Å². The van der Waals surface area contributed by atoms with Crippen LogP contribution in [-0.4, -0.2) is 24.3 Å². The van der Waals surface area contributed by atoms with Crippen molar-refractivity contribution in [2.24, 2.45) is 11.5 Å². The second-order valence-corrected chi connectivity index (χ2v) is 5.35. The molecule has 3 aromatic rings. The minimum atomic E-state index is -0.621. The topological polar surface area (TPSA) is 138 Å². The summed E-state index contributed by atoms with van der Waals surface area (Å²) in [5.74, 6) is -0.345. The van der Waals surface area contributed by atoms with Gasteiger partial charge in [-0.25, -0.2) is 0 Å². The minimum absolute atomic E-state index is 0.248. The molecule has 0 aliphatic heterocycles. The molecular weight excluding hydrogens is 330 g/mol. The van der Waals surface area contributed by atoms with Crippen LogP contribution >= 0.6 is 0 Å². The fourth-order valence-electron chi connectivity index (χ4n) is 2.90. The number of carbonyl (C=O) groups excluding carboxylic acids is 2. The molecule has 0 radical (unpaired) electrons. The first-order valence-electron chi connectivity index (χ1n) is 7.80. The van der Waals surface area contributed by atoms with Crippen LogP contribution < -0.4 is 16.8 Å². The van der Waals surface area contributed by atoms with Crippen molar-refractivity contribution in [2.45, 2.75) is 6.92 Å². The third-order valence-corrected chi connectivity index (χ3v) is 3.99. The van der Waals surface area contributed by atoms with Gasteiger partial charge < -0.3 is 21.8 Å². The Balaban J connectivity index is 0.00000117. The number of rotatable bonds is 4. The molecule has 0 atom stereocenters. The van der Waals surface area contributed by atoms with E-state index in [1.165, 1.54) is 7.05 Å². The van der Waals surface area contributed by atoms with Crippen LogP contribution in [0, 0.1) is 18.3 Å². The summed E-state index contributed by atoms with van der Waals surface area (Å²) < 4.78 is 0. The lowest BCUT2D eigenvalue weighted by Gasteiger charge is -2.08. The monoisotopic (exact) mass is 349 g/mol. The van der Waals surface area contributed by atoms with E-state index in [0.29, 0.717) is 22.9 Å². The number of nitrogens with two attached hydrogens (primary N) is 2. The summed E-state index contributed by atoms with van der Waals surface area (Å²) in [7, 11) is 1.50. The standard InChI is InChI=1S/C18H14N4O2.CH5N/c1-10-13(12-4-2-3-11(7-12)8-19)5-6-14-15(17(20)24)18(21-9-23)22-16(10)14;1-2/h2-7,9,22H,1H3,(H2,20,24)(H,21,23);2H2,1H3. The smallest absolute Gasteiger partial charge is 0.253 e. The number of nitrogens with one attached hydrogen (secondary N) is 2. The Morgan fingerprint density at radius 2 is 2.00 bits per heavy atom. The summed E-state index contributed by atoms with van der Waals surface area (Å²) >= 11 is 0. The number of anilines is 1. The zero-order valence-electron chi connectivity index (χ0n) is 14.5. The fourth-order valence-corrected chi connectivity index (χ4v) is 2.90. The van der Waals surface area contributed by atoms with Crippen molar-refractivity contribution < 1.29 is 9.59 Å². The number of nitriles is 1. The Bertz CT molecular complexity index is 1010. The lowest BCUT2D eigenvalue weighted by Crippen LogP contribution is -2.13. The van der Waals surface area contributed by atoms with Crippen LogP contribution in [0.25, 0.3) is 22.0 Å². The lowest BCUT2D eigenvalue weighted by atomic mass is 9.96. The van der Waals surface area contributed by atoms with E-state index in [1.807, 2.05) is 25.1 Å². The highest BCUT2D eigenvalue weighted by Crippen LogP contribution is 2.34. The molecule has 6 N–H and O–H groups in total. The summed E-state index contributed by atoms with van der Waals surface area (Å²) in [6, 6.07) is 13.1. The molecule has 132 valence electrons. The second-order valence-electron chi connectivity index (χ2n) is 5.35. The molecule has 0 aliphatic rings. The fraction of sp³-hybridized carbons (Fsp3) is 0.105. The van der Waals surface area contributed by atoms with E-state index in [0.717, 1.165) is 16.7 Å². The number of carbonyl (C=O) groups is 2. The summed E-state index contributed by atoms with van der Waals surface area (Å²) in [6.45, 7) is 1.91. The largest absolute Gasteiger partial charge is 0.365 e. The van der Waals surface area contributed by atoms with Crippen LogP contribution in [0.15, 0.2) is 36.4 Å². The van der Waals surface area contributed by atoms with Crippen molar-refractivity contribution in [3.05, 3.63) is 53.1 Å². The van der Waals surface area contributed by atoms with E-state index in [-0.39, 0.29) is 11.4 Å². The SMILES string of the molecule is CN.Cc1c(-c2cccc(C#N)c2)ccc2c(C(N)=O)c(NC=O)[nH]c12. The molecule has 7 heteroatoms. The minimum Gasteiger partial charge on any atom is -0.365 e. The molecule has 0 fully saturated rings. The van der Waals surface area contributed by atoms with Gasteiger partial charge >= 0.3 is 0 Å².